The van der Waals surface area contributed by atoms with Crippen LogP contribution in [-0.4, -0.2) is 27.9 Å². The number of hydrogen-bond acceptors (Lipinski definition) is 4. The monoisotopic (exact) mass is 331 g/mol. The summed E-state index contributed by atoms with van der Waals surface area (Å²) in [5.41, 5.74) is 2.43. The zero-order chi connectivity index (χ0) is 14.1. The van der Waals surface area contributed by atoms with Crippen molar-refractivity contribution in [3.05, 3.63) is 52.6 Å². The van der Waals surface area contributed by atoms with E-state index in [2.05, 4.69) is 26.1 Å². The molecule has 0 unspecified atom stereocenters. The van der Waals surface area contributed by atoms with Gasteiger partial charge in [-0.1, -0.05) is 28.1 Å². The molecule has 0 spiro atoms. The third-order valence-corrected chi connectivity index (χ3v) is 3.46. The lowest BCUT2D eigenvalue weighted by atomic mass is 10.1. The van der Waals surface area contributed by atoms with Gasteiger partial charge in [-0.25, -0.2) is 4.79 Å². The molecule has 6 heteroatoms. The van der Waals surface area contributed by atoms with Crippen LogP contribution >= 0.6 is 15.9 Å². The van der Waals surface area contributed by atoms with E-state index in [4.69, 9.17) is 4.74 Å². The second kappa shape index (κ2) is 5.05. The molecule has 100 valence electrons. The number of carbonyl (C=O) groups excluding carboxylic acids is 1. The summed E-state index contributed by atoms with van der Waals surface area (Å²) in [6.07, 6.45) is 1.62. The number of rotatable bonds is 2. The number of methoxy groups -OCH3 is 1. The Kier molecular flexibility index (Phi) is 3.23. The molecule has 3 rings (SSSR count). The van der Waals surface area contributed by atoms with Gasteiger partial charge in [0.1, 0.15) is 16.8 Å². The number of ether oxygens (including phenoxy) is 1. The highest BCUT2D eigenvalue weighted by Gasteiger charge is 2.21. The van der Waals surface area contributed by atoms with Crippen LogP contribution in [0.25, 0.3) is 16.8 Å². The van der Waals surface area contributed by atoms with Crippen LogP contribution in [0.2, 0.25) is 0 Å². The van der Waals surface area contributed by atoms with Gasteiger partial charge in [-0.05, 0) is 24.3 Å². The third kappa shape index (κ3) is 2.08. The van der Waals surface area contributed by atoms with Crippen molar-refractivity contribution in [2.75, 3.05) is 7.11 Å². The number of carbonyl (C=O) groups is 1. The highest BCUT2D eigenvalue weighted by atomic mass is 79.9. The molecule has 2 aromatic heterocycles. The lowest BCUT2D eigenvalue weighted by Gasteiger charge is -2.01. The summed E-state index contributed by atoms with van der Waals surface area (Å²) in [4.78, 5) is 12.0. The average Bonchev–Trinajstić information content (AvgIpc) is 2.86. The summed E-state index contributed by atoms with van der Waals surface area (Å²) in [7, 11) is 1.35. The van der Waals surface area contributed by atoms with Gasteiger partial charge in [-0.3, -0.25) is 0 Å². The summed E-state index contributed by atoms with van der Waals surface area (Å²) in [5, 5.41) is 8.48. The van der Waals surface area contributed by atoms with E-state index in [1.54, 1.807) is 18.3 Å². The SMILES string of the molecule is COC(=O)c1c(-c2ccc(Br)cc2)nn2ncccc12. The Labute approximate surface area is 123 Å². The van der Waals surface area contributed by atoms with E-state index < -0.39 is 5.97 Å². The van der Waals surface area contributed by atoms with Crippen LogP contribution in [0.15, 0.2) is 47.1 Å². The Morgan fingerprint density at radius 3 is 2.70 bits per heavy atom. The first-order valence-electron chi connectivity index (χ1n) is 5.89. The first-order chi connectivity index (χ1) is 9.70. The quantitative estimate of drug-likeness (QED) is 0.677. The van der Waals surface area contributed by atoms with Gasteiger partial charge in [-0.2, -0.15) is 9.73 Å². The van der Waals surface area contributed by atoms with Crippen LogP contribution in [0.4, 0.5) is 0 Å². The number of halogens is 1. The van der Waals surface area contributed by atoms with Crippen molar-refractivity contribution >= 4 is 27.4 Å². The van der Waals surface area contributed by atoms with Crippen LogP contribution in [0.1, 0.15) is 10.4 Å². The molecule has 5 nitrogen and oxygen atoms in total. The topological polar surface area (TPSA) is 56.5 Å². The van der Waals surface area contributed by atoms with E-state index in [0.29, 0.717) is 16.8 Å². The summed E-state index contributed by atoms with van der Waals surface area (Å²) < 4.78 is 7.25. The smallest absolute Gasteiger partial charge is 0.342 e. The van der Waals surface area contributed by atoms with Crippen LogP contribution in [-0.2, 0) is 4.74 Å². The van der Waals surface area contributed by atoms with Gasteiger partial charge < -0.3 is 4.74 Å². The molecular weight excluding hydrogens is 322 g/mol. The van der Waals surface area contributed by atoms with E-state index in [0.717, 1.165) is 10.0 Å². The largest absolute Gasteiger partial charge is 0.465 e. The van der Waals surface area contributed by atoms with Gasteiger partial charge in [0.2, 0.25) is 0 Å². The zero-order valence-corrected chi connectivity index (χ0v) is 12.2. The molecule has 20 heavy (non-hydrogen) atoms. The summed E-state index contributed by atoms with van der Waals surface area (Å²) in [6, 6.07) is 11.1. The van der Waals surface area contributed by atoms with Crippen molar-refractivity contribution in [3.63, 3.8) is 0 Å². The fourth-order valence-electron chi connectivity index (χ4n) is 2.01. The summed E-state index contributed by atoms with van der Waals surface area (Å²) >= 11 is 3.38. The zero-order valence-electron chi connectivity index (χ0n) is 10.6. The van der Waals surface area contributed by atoms with Crippen LogP contribution in [0.5, 0.6) is 0 Å². The summed E-state index contributed by atoms with van der Waals surface area (Å²) in [5.74, 6) is -0.425. The van der Waals surface area contributed by atoms with Gasteiger partial charge in [0.25, 0.3) is 0 Å². The maximum atomic E-state index is 12.0. The van der Waals surface area contributed by atoms with Crippen molar-refractivity contribution in [2.45, 2.75) is 0 Å². The molecule has 0 saturated heterocycles. The maximum absolute atomic E-state index is 12.0. The predicted octanol–water partition coefficient (Wildman–Crippen LogP) is 2.95. The fourth-order valence-corrected chi connectivity index (χ4v) is 2.27. The second-order valence-corrected chi connectivity index (χ2v) is 5.04. The van der Waals surface area contributed by atoms with Crippen molar-refractivity contribution in [1.82, 2.24) is 14.8 Å². The Morgan fingerprint density at radius 2 is 2.00 bits per heavy atom. The predicted molar refractivity (Wildman–Crippen MR) is 77.5 cm³/mol. The van der Waals surface area contributed by atoms with Gasteiger partial charge in [0.15, 0.2) is 0 Å². The third-order valence-electron chi connectivity index (χ3n) is 2.93. The van der Waals surface area contributed by atoms with Crippen LogP contribution in [0, 0.1) is 0 Å². The minimum Gasteiger partial charge on any atom is -0.465 e. The highest BCUT2D eigenvalue weighted by Crippen LogP contribution is 2.27. The first-order valence-corrected chi connectivity index (χ1v) is 6.68. The van der Waals surface area contributed by atoms with Gasteiger partial charge in [0, 0.05) is 16.2 Å². The van der Waals surface area contributed by atoms with Gasteiger partial charge in [-0.15, -0.1) is 5.10 Å². The Hall–Kier alpha value is -2.21. The standard InChI is InChI=1S/C14H10BrN3O2/c1-20-14(19)12-11-3-2-8-16-18(11)17-13(12)9-4-6-10(15)7-5-9/h2-8H,1H3. The molecular formula is C14H10BrN3O2. The lowest BCUT2D eigenvalue weighted by Crippen LogP contribution is -2.02. The minimum absolute atomic E-state index is 0.419. The number of nitrogens with zero attached hydrogens (tertiary/aromatic N) is 3. The second-order valence-electron chi connectivity index (χ2n) is 4.12. The Morgan fingerprint density at radius 1 is 1.25 bits per heavy atom. The van der Waals surface area contributed by atoms with E-state index in [1.165, 1.54) is 11.7 Å². The minimum atomic E-state index is -0.425. The number of benzene rings is 1. The van der Waals surface area contributed by atoms with E-state index in [-0.39, 0.29) is 0 Å². The molecule has 0 aliphatic heterocycles. The van der Waals surface area contributed by atoms with E-state index in [1.807, 2.05) is 24.3 Å². The van der Waals surface area contributed by atoms with Crippen molar-refractivity contribution in [1.29, 1.82) is 0 Å². The Balaban J connectivity index is 2.29. The molecule has 3 aromatic rings. The molecule has 0 N–H and O–H groups in total. The number of fused-ring (bicyclic) bond motifs is 1. The van der Waals surface area contributed by atoms with E-state index >= 15 is 0 Å². The molecule has 0 atom stereocenters. The highest BCUT2D eigenvalue weighted by molar-refractivity contribution is 9.10. The molecule has 0 radical (unpaired) electrons. The van der Waals surface area contributed by atoms with Gasteiger partial charge >= 0.3 is 5.97 Å². The molecule has 0 fully saturated rings. The molecule has 0 aliphatic rings. The molecule has 0 amide bonds. The number of esters is 1. The van der Waals surface area contributed by atoms with Crippen molar-refractivity contribution in [2.24, 2.45) is 0 Å². The Bertz CT molecular complexity index is 781. The molecule has 0 aliphatic carbocycles. The van der Waals surface area contributed by atoms with E-state index in [9.17, 15) is 4.79 Å². The normalized spacial score (nSPS) is 10.7. The van der Waals surface area contributed by atoms with Crippen molar-refractivity contribution < 1.29 is 9.53 Å². The molecule has 0 bridgehead atoms. The molecule has 0 saturated carbocycles. The molecule has 2 heterocycles. The maximum Gasteiger partial charge on any atom is 0.342 e. The van der Waals surface area contributed by atoms with Gasteiger partial charge in [0.05, 0.1) is 7.11 Å². The first kappa shape index (κ1) is 12.8. The summed E-state index contributed by atoms with van der Waals surface area (Å²) in [6.45, 7) is 0. The average molecular weight is 332 g/mol. The van der Waals surface area contributed by atoms with Crippen LogP contribution in [0.3, 0.4) is 0 Å². The number of aromatic nitrogens is 3. The lowest BCUT2D eigenvalue weighted by molar-refractivity contribution is 0.0604. The fraction of sp³-hybridized carbons (Fsp3) is 0.0714. The van der Waals surface area contributed by atoms with Crippen LogP contribution < -0.4 is 0 Å². The molecule has 1 aromatic carbocycles. The van der Waals surface area contributed by atoms with Crippen molar-refractivity contribution in [3.8, 4) is 11.3 Å². The number of hydrogen-bond donors (Lipinski definition) is 0.